The van der Waals surface area contributed by atoms with Gasteiger partial charge in [-0.2, -0.15) is 5.10 Å². The van der Waals surface area contributed by atoms with E-state index in [9.17, 15) is 8.42 Å². The first kappa shape index (κ1) is 12.2. The Morgan fingerprint density at radius 3 is 2.73 bits per heavy atom. The van der Waals surface area contributed by atoms with Crippen LogP contribution >= 0.6 is 0 Å². The quantitative estimate of drug-likeness (QED) is 0.455. The molecule has 1 aliphatic carbocycles. The lowest BCUT2D eigenvalue weighted by Gasteiger charge is -2.19. The van der Waals surface area contributed by atoms with Crippen molar-refractivity contribution < 1.29 is 8.42 Å². The monoisotopic (exact) mass is 230 g/mol. The molecule has 0 aliphatic heterocycles. The largest absolute Gasteiger partial charge is 0.244 e. The van der Waals surface area contributed by atoms with Crippen LogP contribution in [0.1, 0.15) is 33.1 Å². The van der Waals surface area contributed by atoms with Crippen molar-refractivity contribution in [3.63, 3.8) is 0 Å². The fourth-order valence-electron chi connectivity index (χ4n) is 1.59. The third-order valence-corrected chi connectivity index (χ3v) is 3.04. The summed E-state index contributed by atoms with van der Waals surface area (Å²) in [6.07, 6.45) is 6.41. The molecular weight excluding hydrogens is 212 g/mol. The molecule has 15 heavy (non-hydrogen) atoms. The van der Waals surface area contributed by atoms with Crippen molar-refractivity contribution in [1.82, 2.24) is 4.83 Å². The molecule has 0 bridgehead atoms. The van der Waals surface area contributed by atoms with Crippen molar-refractivity contribution in [3.05, 3.63) is 11.6 Å². The van der Waals surface area contributed by atoms with Gasteiger partial charge in [0.1, 0.15) is 0 Å². The first-order valence-electron chi connectivity index (χ1n) is 5.05. The van der Waals surface area contributed by atoms with E-state index in [-0.39, 0.29) is 0 Å². The predicted octanol–water partition coefficient (Wildman–Crippen LogP) is 1.66. The van der Waals surface area contributed by atoms with Crippen LogP contribution < -0.4 is 4.83 Å². The summed E-state index contributed by atoms with van der Waals surface area (Å²) in [6.45, 7) is 3.99. The van der Waals surface area contributed by atoms with Crippen LogP contribution in [0.5, 0.6) is 0 Å². The first-order valence-corrected chi connectivity index (χ1v) is 6.94. The Balaban J connectivity index is 2.58. The van der Waals surface area contributed by atoms with E-state index in [1.165, 1.54) is 5.57 Å². The van der Waals surface area contributed by atoms with E-state index in [4.69, 9.17) is 0 Å². The molecule has 0 heterocycles. The van der Waals surface area contributed by atoms with Crippen LogP contribution in [0.3, 0.4) is 0 Å². The van der Waals surface area contributed by atoms with Gasteiger partial charge in [-0.15, -0.1) is 0 Å². The van der Waals surface area contributed by atoms with Gasteiger partial charge >= 0.3 is 0 Å². The molecule has 0 amide bonds. The third kappa shape index (κ3) is 4.46. The topological polar surface area (TPSA) is 58.5 Å². The minimum absolute atomic E-state index is 0.378. The number of nitrogens with one attached hydrogen (secondary N) is 1. The molecule has 0 saturated carbocycles. The fraction of sp³-hybridized carbons (Fsp3) is 0.700. The second-order valence-corrected chi connectivity index (χ2v) is 5.87. The van der Waals surface area contributed by atoms with Crippen molar-refractivity contribution in [1.29, 1.82) is 0 Å². The van der Waals surface area contributed by atoms with Crippen LogP contribution in [-0.2, 0) is 10.0 Å². The number of rotatable bonds is 3. The highest BCUT2D eigenvalue weighted by molar-refractivity contribution is 7.88. The highest BCUT2D eigenvalue weighted by Crippen LogP contribution is 2.24. The molecule has 0 radical (unpaired) electrons. The Hall–Kier alpha value is -0.840. The van der Waals surface area contributed by atoms with Gasteiger partial charge in [0, 0.05) is 11.6 Å². The number of allylic oxidation sites excluding steroid dienone is 2. The van der Waals surface area contributed by atoms with Crippen molar-refractivity contribution in [3.8, 4) is 0 Å². The van der Waals surface area contributed by atoms with Gasteiger partial charge in [-0.25, -0.2) is 13.2 Å². The molecule has 4 nitrogen and oxygen atoms in total. The lowest BCUT2D eigenvalue weighted by Crippen LogP contribution is -2.21. The second kappa shape index (κ2) is 4.79. The standard InChI is InChI=1S/C10H18N2O2S/c1-8-4-6-10(7-5-8)9(2)11-12-15(3,13)14/h4,10,12H,5-7H2,1-3H3. The van der Waals surface area contributed by atoms with Gasteiger partial charge in [0.2, 0.25) is 10.0 Å². The highest BCUT2D eigenvalue weighted by atomic mass is 32.2. The lowest BCUT2D eigenvalue weighted by atomic mass is 9.87. The van der Waals surface area contributed by atoms with Crippen LogP contribution in [-0.4, -0.2) is 20.4 Å². The Morgan fingerprint density at radius 1 is 1.60 bits per heavy atom. The highest BCUT2D eigenvalue weighted by Gasteiger charge is 2.15. The molecule has 1 rings (SSSR count). The van der Waals surface area contributed by atoms with Gasteiger partial charge < -0.3 is 0 Å². The van der Waals surface area contributed by atoms with E-state index < -0.39 is 10.0 Å². The van der Waals surface area contributed by atoms with Crippen molar-refractivity contribution in [2.45, 2.75) is 33.1 Å². The number of hydrogen-bond donors (Lipinski definition) is 1. The van der Waals surface area contributed by atoms with Crippen LogP contribution in [0, 0.1) is 5.92 Å². The average Bonchev–Trinajstić information content (AvgIpc) is 2.14. The van der Waals surface area contributed by atoms with E-state index in [0.717, 1.165) is 31.2 Å². The van der Waals surface area contributed by atoms with Gasteiger partial charge in [0.15, 0.2) is 0 Å². The van der Waals surface area contributed by atoms with Gasteiger partial charge in [0.25, 0.3) is 0 Å². The summed E-state index contributed by atoms with van der Waals surface area (Å²) in [6, 6.07) is 0. The molecular formula is C10H18N2O2S. The number of sulfonamides is 1. The summed E-state index contributed by atoms with van der Waals surface area (Å²) in [5.41, 5.74) is 2.28. The van der Waals surface area contributed by atoms with E-state index in [1.54, 1.807) is 0 Å². The first-order chi connectivity index (χ1) is 6.88. The van der Waals surface area contributed by atoms with E-state index in [2.05, 4.69) is 22.9 Å². The Kier molecular flexibility index (Phi) is 3.90. The number of hydrazone groups is 1. The molecule has 1 aliphatic rings. The zero-order chi connectivity index (χ0) is 11.5. The number of hydrogen-bond acceptors (Lipinski definition) is 3. The lowest BCUT2D eigenvalue weighted by molar-refractivity contribution is 0.581. The van der Waals surface area contributed by atoms with Crippen LogP contribution in [0.15, 0.2) is 16.8 Å². The molecule has 0 spiro atoms. The Labute approximate surface area is 91.5 Å². The molecule has 86 valence electrons. The SMILES string of the molecule is CC1=CCC(C(C)=NNS(C)(=O)=O)CC1. The molecule has 1 atom stereocenters. The van der Waals surface area contributed by atoms with Crippen molar-refractivity contribution >= 4 is 15.7 Å². The second-order valence-electron chi connectivity index (χ2n) is 4.14. The normalized spacial score (nSPS) is 23.5. The number of nitrogens with zero attached hydrogens (tertiary/aromatic N) is 1. The van der Waals surface area contributed by atoms with E-state index in [0.29, 0.717) is 5.92 Å². The minimum atomic E-state index is -3.22. The molecule has 1 unspecified atom stereocenters. The van der Waals surface area contributed by atoms with Crippen molar-refractivity contribution in [2.75, 3.05) is 6.26 Å². The Morgan fingerprint density at radius 2 is 2.27 bits per heavy atom. The van der Waals surface area contributed by atoms with E-state index >= 15 is 0 Å². The van der Waals surface area contributed by atoms with Crippen LogP contribution in [0.4, 0.5) is 0 Å². The average molecular weight is 230 g/mol. The molecule has 1 N–H and O–H groups in total. The van der Waals surface area contributed by atoms with Crippen molar-refractivity contribution in [2.24, 2.45) is 11.0 Å². The molecule has 5 heteroatoms. The molecule has 0 fully saturated rings. The summed E-state index contributed by atoms with van der Waals surface area (Å²) >= 11 is 0. The fourth-order valence-corrected chi connectivity index (χ4v) is 1.90. The molecule has 0 saturated heterocycles. The maximum atomic E-state index is 10.8. The van der Waals surface area contributed by atoms with Gasteiger partial charge in [-0.1, -0.05) is 11.6 Å². The summed E-state index contributed by atoms with van der Waals surface area (Å²) in [5, 5.41) is 3.89. The smallest absolute Gasteiger partial charge is 0.206 e. The van der Waals surface area contributed by atoms with Gasteiger partial charge in [0.05, 0.1) is 6.26 Å². The summed E-state index contributed by atoms with van der Waals surface area (Å²) in [7, 11) is -3.22. The molecule has 0 aromatic carbocycles. The predicted molar refractivity (Wildman–Crippen MR) is 62.2 cm³/mol. The third-order valence-electron chi connectivity index (χ3n) is 2.62. The van der Waals surface area contributed by atoms with E-state index in [1.807, 2.05) is 6.92 Å². The van der Waals surface area contributed by atoms with Gasteiger partial charge in [-0.3, -0.25) is 0 Å². The van der Waals surface area contributed by atoms with Gasteiger partial charge in [-0.05, 0) is 33.1 Å². The summed E-state index contributed by atoms with van der Waals surface area (Å²) < 4.78 is 21.7. The zero-order valence-electron chi connectivity index (χ0n) is 9.45. The maximum absolute atomic E-state index is 10.8. The molecule has 0 aromatic heterocycles. The van der Waals surface area contributed by atoms with Crippen LogP contribution in [0.25, 0.3) is 0 Å². The summed E-state index contributed by atoms with van der Waals surface area (Å²) in [4.78, 5) is 2.17. The zero-order valence-corrected chi connectivity index (χ0v) is 10.3. The minimum Gasteiger partial charge on any atom is -0.206 e. The summed E-state index contributed by atoms with van der Waals surface area (Å²) in [5.74, 6) is 0.378. The van der Waals surface area contributed by atoms with Crippen LogP contribution in [0.2, 0.25) is 0 Å². The maximum Gasteiger partial charge on any atom is 0.244 e. The Bertz CT molecular complexity index is 382. The molecule has 0 aromatic rings.